The summed E-state index contributed by atoms with van der Waals surface area (Å²) >= 11 is 1.86. The number of fused-ring (bicyclic) bond motifs is 1. The van der Waals surface area contributed by atoms with E-state index in [9.17, 15) is 14.4 Å². The molecule has 2 heterocycles. The molecule has 25 heavy (non-hydrogen) atoms. The lowest BCUT2D eigenvalue weighted by Crippen LogP contribution is -2.50. The van der Waals surface area contributed by atoms with Gasteiger partial charge < -0.3 is 25.8 Å². The molecule has 2 saturated heterocycles. The van der Waals surface area contributed by atoms with E-state index in [-0.39, 0.29) is 37.0 Å². The van der Waals surface area contributed by atoms with E-state index in [0.717, 1.165) is 25.0 Å². The van der Waals surface area contributed by atoms with Gasteiger partial charge in [-0.1, -0.05) is 6.42 Å². The van der Waals surface area contributed by atoms with Crippen molar-refractivity contribution in [3.8, 4) is 0 Å². The molecular weight excluding hydrogens is 346 g/mol. The van der Waals surface area contributed by atoms with Crippen LogP contribution in [0.2, 0.25) is 0 Å². The van der Waals surface area contributed by atoms with E-state index in [1.54, 1.807) is 6.92 Å². The maximum Gasteiger partial charge on any atom is 0.315 e. The van der Waals surface area contributed by atoms with Crippen LogP contribution in [0.1, 0.15) is 39.0 Å². The molecule has 0 radical (unpaired) electrons. The lowest BCUT2D eigenvalue weighted by molar-refractivity contribution is -0.139. The average Bonchev–Trinajstić information content (AvgIpc) is 3.02. The highest BCUT2D eigenvalue weighted by atomic mass is 32.2. The molecule has 3 amide bonds. The van der Waals surface area contributed by atoms with Gasteiger partial charge in [0.25, 0.3) is 0 Å². The van der Waals surface area contributed by atoms with Gasteiger partial charge in [0, 0.05) is 24.5 Å². The van der Waals surface area contributed by atoms with Crippen molar-refractivity contribution in [2.24, 2.45) is 0 Å². The van der Waals surface area contributed by atoms with Crippen LogP contribution in [0, 0.1) is 0 Å². The maximum atomic E-state index is 12.1. The first-order valence-electron chi connectivity index (χ1n) is 8.53. The van der Waals surface area contributed by atoms with Gasteiger partial charge in [0.15, 0.2) is 0 Å². The van der Waals surface area contributed by atoms with Gasteiger partial charge in [-0.2, -0.15) is 11.8 Å². The Bertz CT molecular complexity index is 518. The van der Waals surface area contributed by atoms with Gasteiger partial charge in [-0.25, -0.2) is 4.79 Å². The van der Waals surface area contributed by atoms with Crippen LogP contribution in [-0.2, 0) is 14.3 Å². The monoisotopic (exact) mass is 373 g/mol. The van der Waals surface area contributed by atoms with Crippen molar-refractivity contribution in [1.29, 1.82) is 0 Å². The summed E-state index contributed by atoms with van der Waals surface area (Å²) in [4.78, 5) is 34.4. The first kappa shape index (κ1) is 19.8. The number of carbonyl (C=O) groups excluding carboxylic acids is 2. The van der Waals surface area contributed by atoms with Gasteiger partial charge in [0.05, 0.1) is 30.7 Å². The molecule has 4 N–H and O–H groups in total. The summed E-state index contributed by atoms with van der Waals surface area (Å²) in [6.07, 6.45) is 2.75. The number of carbonyl (C=O) groups is 3. The van der Waals surface area contributed by atoms with Gasteiger partial charge in [-0.3, -0.25) is 9.59 Å². The highest BCUT2D eigenvalue weighted by Gasteiger charge is 2.42. The first-order valence-corrected chi connectivity index (χ1v) is 9.58. The SMILES string of the molecule is COCC(C)(CC(=O)O)NC(=O)CCCC[C@@H]1SC[C@@H]2NC(=O)N[C@@H]21. The summed E-state index contributed by atoms with van der Waals surface area (Å²) < 4.78 is 5.03. The summed E-state index contributed by atoms with van der Waals surface area (Å²) in [5.41, 5.74) is -0.897. The van der Waals surface area contributed by atoms with Crippen molar-refractivity contribution < 1.29 is 24.2 Å². The highest BCUT2D eigenvalue weighted by Crippen LogP contribution is 2.33. The van der Waals surface area contributed by atoms with Gasteiger partial charge in [-0.15, -0.1) is 0 Å². The van der Waals surface area contributed by atoms with Gasteiger partial charge in [-0.05, 0) is 19.8 Å². The van der Waals surface area contributed by atoms with Crippen LogP contribution in [0.15, 0.2) is 0 Å². The second kappa shape index (κ2) is 8.75. The van der Waals surface area contributed by atoms with Crippen molar-refractivity contribution in [1.82, 2.24) is 16.0 Å². The number of aliphatic carboxylic acids is 1. The van der Waals surface area contributed by atoms with Crippen LogP contribution in [0.25, 0.3) is 0 Å². The number of methoxy groups -OCH3 is 1. The number of thioether (sulfide) groups is 1. The molecule has 0 bridgehead atoms. The molecule has 2 rings (SSSR count). The Morgan fingerprint density at radius 1 is 1.40 bits per heavy atom. The Balaban J connectivity index is 1.68. The molecule has 1 unspecified atom stereocenters. The van der Waals surface area contributed by atoms with Crippen LogP contribution in [-0.4, -0.2) is 65.4 Å². The molecule has 8 nitrogen and oxygen atoms in total. The largest absolute Gasteiger partial charge is 0.481 e. The van der Waals surface area contributed by atoms with Crippen LogP contribution >= 0.6 is 11.8 Å². The van der Waals surface area contributed by atoms with Crippen LogP contribution in [0.5, 0.6) is 0 Å². The molecular formula is C16H27N3O5S. The number of carboxylic acid groups (broad SMARTS) is 1. The highest BCUT2D eigenvalue weighted by molar-refractivity contribution is 8.00. The summed E-state index contributed by atoms with van der Waals surface area (Å²) in [5.74, 6) is -0.201. The Morgan fingerprint density at radius 2 is 2.16 bits per heavy atom. The number of ether oxygens (including phenoxy) is 1. The molecule has 0 aromatic heterocycles. The quantitative estimate of drug-likeness (QED) is 0.331. The lowest BCUT2D eigenvalue weighted by Gasteiger charge is -2.28. The van der Waals surface area contributed by atoms with E-state index in [1.165, 1.54) is 7.11 Å². The van der Waals surface area contributed by atoms with Crippen molar-refractivity contribution in [2.75, 3.05) is 19.5 Å². The molecule has 4 atom stereocenters. The van der Waals surface area contributed by atoms with Crippen LogP contribution in [0.4, 0.5) is 4.79 Å². The Morgan fingerprint density at radius 3 is 2.84 bits per heavy atom. The molecule has 0 aromatic carbocycles. The fourth-order valence-electron chi connectivity index (χ4n) is 3.46. The number of amides is 3. The van der Waals surface area contributed by atoms with E-state index in [4.69, 9.17) is 9.84 Å². The van der Waals surface area contributed by atoms with Crippen molar-refractivity contribution in [2.45, 2.75) is 61.9 Å². The lowest BCUT2D eigenvalue weighted by atomic mass is 9.98. The van der Waals surface area contributed by atoms with E-state index in [0.29, 0.717) is 11.7 Å². The number of urea groups is 1. The van der Waals surface area contributed by atoms with E-state index >= 15 is 0 Å². The standard InChI is InChI=1S/C16H27N3O5S/c1-16(9-24-2,7-13(21)22)19-12(20)6-4-3-5-11-14-10(8-25-11)17-15(23)18-14/h10-11,14H,3-9H2,1-2H3,(H,19,20)(H,21,22)(H2,17,18,23)/t10-,11-,14-,16?/m0/s1. The number of rotatable bonds is 10. The van der Waals surface area contributed by atoms with Crippen molar-refractivity contribution in [3.05, 3.63) is 0 Å². The fourth-order valence-corrected chi connectivity index (χ4v) is 5.00. The third kappa shape index (κ3) is 5.78. The second-order valence-corrected chi connectivity index (χ2v) is 8.25. The molecule has 0 aliphatic carbocycles. The fraction of sp³-hybridized carbons (Fsp3) is 0.812. The first-order chi connectivity index (χ1) is 11.8. The Hall–Kier alpha value is -1.48. The van der Waals surface area contributed by atoms with Crippen LogP contribution < -0.4 is 16.0 Å². The van der Waals surface area contributed by atoms with E-state index in [1.807, 2.05) is 11.8 Å². The predicted molar refractivity (Wildman–Crippen MR) is 94.6 cm³/mol. The minimum absolute atomic E-state index is 0.0875. The Labute approximate surface area is 151 Å². The van der Waals surface area contributed by atoms with Gasteiger partial charge in [0.2, 0.25) is 5.91 Å². The number of carboxylic acids is 1. The van der Waals surface area contributed by atoms with Crippen LogP contribution in [0.3, 0.4) is 0 Å². The molecule has 0 aromatic rings. The van der Waals surface area contributed by atoms with Gasteiger partial charge in [0.1, 0.15) is 0 Å². The summed E-state index contributed by atoms with van der Waals surface area (Å²) in [5, 5.41) is 18.0. The zero-order valence-electron chi connectivity index (χ0n) is 14.7. The number of unbranched alkanes of at least 4 members (excludes halogenated alkanes) is 1. The molecule has 0 spiro atoms. The average molecular weight is 373 g/mol. The summed E-state index contributed by atoms with van der Waals surface area (Å²) in [6, 6.07) is 0.319. The van der Waals surface area contributed by atoms with E-state index in [2.05, 4.69) is 16.0 Å². The van der Waals surface area contributed by atoms with E-state index < -0.39 is 11.5 Å². The topological polar surface area (TPSA) is 117 Å². The Kier molecular flexibility index (Phi) is 6.95. The molecule has 2 fully saturated rings. The summed E-state index contributed by atoms with van der Waals surface area (Å²) in [6.45, 7) is 1.83. The predicted octanol–water partition coefficient (Wildman–Crippen LogP) is 0.708. The number of hydrogen-bond acceptors (Lipinski definition) is 5. The normalized spacial score (nSPS) is 27.1. The van der Waals surface area contributed by atoms with Gasteiger partial charge >= 0.3 is 12.0 Å². The van der Waals surface area contributed by atoms with Crippen molar-refractivity contribution >= 4 is 29.7 Å². The molecule has 2 aliphatic rings. The molecule has 0 saturated carbocycles. The number of nitrogens with one attached hydrogen (secondary N) is 3. The third-order valence-electron chi connectivity index (χ3n) is 4.53. The zero-order valence-corrected chi connectivity index (χ0v) is 15.5. The maximum absolute atomic E-state index is 12.1. The second-order valence-electron chi connectivity index (χ2n) is 6.98. The molecule has 142 valence electrons. The number of hydrogen-bond donors (Lipinski definition) is 4. The molecule has 2 aliphatic heterocycles. The minimum Gasteiger partial charge on any atom is -0.481 e. The van der Waals surface area contributed by atoms with Crippen molar-refractivity contribution in [3.63, 3.8) is 0 Å². The zero-order chi connectivity index (χ0) is 18.4. The minimum atomic E-state index is -0.972. The third-order valence-corrected chi connectivity index (χ3v) is 6.03. The summed E-state index contributed by atoms with van der Waals surface area (Å²) in [7, 11) is 1.48. The smallest absolute Gasteiger partial charge is 0.315 e. The molecule has 9 heteroatoms.